The number of fused-ring (bicyclic) bond motifs is 1. The molecular formula is C29H40N6O5. The maximum atomic E-state index is 13.4. The van der Waals surface area contributed by atoms with E-state index < -0.39 is 12.2 Å². The van der Waals surface area contributed by atoms with Gasteiger partial charge in [0.2, 0.25) is 6.23 Å². The number of rotatable bonds is 10. The molecule has 1 saturated heterocycles. The van der Waals surface area contributed by atoms with Crippen LogP contribution in [-0.2, 0) is 27.4 Å². The first kappa shape index (κ1) is 30.4. The number of nitrogens with one attached hydrogen (secondary N) is 3. The quantitative estimate of drug-likeness (QED) is 0.222. The summed E-state index contributed by atoms with van der Waals surface area (Å²) in [5.41, 5.74) is 10.5. The van der Waals surface area contributed by atoms with Crippen molar-refractivity contribution in [3.63, 3.8) is 0 Å². The Kier molecular flexibility index (Phi) is 10.9. The minimum atomic E-state index is -1.02. The van der Waals surface area contributed by atoms with Crippen molar-refractivity contribution in [1.29, 1.82) is 5.41 Å². The van der Waals surface area contributed by atoms with E-state index >= 15 is 0 Å². The lowest BCUT2D eigenvalue weighted by molar-refractivity contribution is -0.143. The fraction of sp³-hybridized carbons (Fsp3) is 0.448. The highest BCUT2D eigenvalue weighted by atomic mass is 16.5. The molecule has 6 N–H and O–H groups in total. The van der Waals surface area contributed by atoms with Gasteiger partial charge in [-0.1, -0.05) is 18.2 Å². The summed E-state index contributed by atoms with van der Waals surface area (Å²) in [5.74, 6) is -1.40. The number of hydrogen-bond acceptors (Lipinski definition) is 7. The van der Waals surface area contributed by atoms with Crippen molar-refractivity contribution in [3.8, 4) is 0 Å². The number of aliphatic carboxylic acids is 1. The van der Waals surface area contributed by atoms with Crippen molar-refractivity contribution >= 4 is 35.0 Å². The number of amidine groups is 1. The Bertz CT molecular complexity index is 1220. The molecule has 2 aromatic rings. The van der Waals surface area contributed by atoms with Crippen LogP contribution >= 0.6 is 0 Å². The number of hydrogen-bond donors (Lipinski definition) is 5. The van der Waals surface area contributed by atoms with Crippen LogP contribution in [0, 0.1) is 5.41 Å². The number of amides is 2. The standard InChI is InChI=1S/C27H36N6O3.C2H4O2/c1-3-30-23-14-18(24(28)29)8-9-19(23)16-31-25(34)27(36-4-2)33-17-20-10-11-21(15-22(20)26(33)35)32-12-6-5-7-13-32;1-2(3)4/h8-11,14-15,27,30H,3-7,12-13,16-17H2,1-2H3,(H3,28,29)(H,31,34);1H3,(H,3,4). The smallest absolute Gasteiger partial charge is 0.300 e. The van der Waals surface area contributed by atoms with E-state index in [0.29, 0.717) is 30.8 Å². The Balaban J connectivity index is 0.00000103. The molecule has 1 atom stereocenters. The Morgan fingerprint density at radius 2 is 1.82 bits per heavy atom. The van der Waals surface area contributed by atoms with E-state index in [0.717, 1.165) is 55.4 Å². The summed E-state index contributed by atoms with van der Waals surface area (Å²) in [7, 11) is 0. The monoisotopic (exact) mass is 552 g/mol. The molecule has 0 spiro atoms. The molecule has 2 amide bonds. The van der Waals surface area contributed by atoms with Gasteiger partial charge in [0, 0.05) is 68.8 Å². The molecule has 0 saturated carbocycles. The molecule has 0 aliphatic carbocycles. The molecule has 40 heavy (non-hydrogen) atoms. The second-order valence-corrected chi connectivity index (χ2v) is 9.68. The minimum Gasteiger partial charge on any atom is -0.481 e. The Morgan fingerprint density at radius 3 is 2.45 bits per heavy atom. The number of anilines is 2. The van der Waals surface area contributed by atoms with Gasteiger partial charge < -0.3 is 36.0 Å². The van der Waals surface area contributed by atoms with E-state index in [-0.39, 0.29) is 24.2 Å². The van der Waals surface area contributed by atoms with E-state index in [1.165, 1.54) is 11.3 Å². The molecule has 1 fully saturated rings. The highest BCUT2D eigenvalue weighted by Crippen LogP contribution is 2.30. The lowest BCUT2D eigenvalue weighted by Crippen LogP contribution is -2.48. The summed E-state index contributed by atoms with van der Waals surface area (Å²) >= 11 is 0. The summed E-state index contributed by atoms with van der Waals surface area (Å²) in [4.78, 5) is 39.4. The van der Waals surface area contributed by atoms with E-state index in [2.05, 4.69) is 21.6 Å². The summed E-state index contributed by atoms with van der Waals surface area (Å²) in [5, 5.41) is 21.3. The predicted molar refractivity (Wildman–Crippen MR) is 155 cm³/mol. The van der Waals surface area contributed by atoms with Gasteiger partial charge >= 0.3 is 0 Å². The van der Waals surface area contributed by atoms with Crippen LogP contribution in [-0.4, -0.2) is 66.1 Å². The molecule has 0 bridgehead atoms. The average Bonchev–Trinajstić information content (AvgIpc) is 3.26. The van der Waals surface area contributed by atoms with Crippen molar-refractivity contribution in [1.82, 2.24) is 10.2 Å². The van der Waals surface area contributed by atoms with Gasteiger partial charge in [0.15, 0.2) is 0 Å². The van der Waals surface area contributed by atoms with Gasteiger partial charge in [-0.15, -0.1) is 0 Å². The fourth-order valence-corrected chi connectivity index (χ4v) is 4.84. The molecule has 2 heterocycles. The number of nitrogens with zero attached hydrogens (tertiary/aromatic N) is 2. The first-order chi connectivity index (χ1) is 19.2. The molecule has 4 rings (SSSR count). The normalized spacial score (nSPS) is 15.0. The second-order valence-electron chi connectivity index (χ2n) is 9.68. The number of carboxylic acids is 1. The number of piperidine rings is 1. The largest absolute Gasteiger partial charge is 0.481 e. The van der Waals surface area contributed by atoms with Crippen molar-refractivity contribution in [2.24, 2.45) is 5.73 Å². The number of benzene rings is 2. The second kappa shape index (κ2) is 14.3. The number of nitrogens with two attached hydrogens (primary N) is 1. The maximum absolute atomic E-state index is 13.4. The molecule has 11 heteroatoms. The zero-order valence-electron chi connectivity index (χ0n) is 23.5. The van der Waals surface area contributed by atoms with Crippen molar-refractivity contribution in [2.75, 3.05) is 36.5 Å². The van der Waals surface area contributed by atoms with Crippen LogP contribution in [0.15, 0.2) is 36.4 Å². The van der Waals surface area contributed by atoms with Crippen LogP contribution in [0.1, 0.15) is 67.1 Å². The van der Waals surface area contributed by atoms with Gasteiger partial charge in [-0.3, -0.25) is 19.8 Å². The Hall–Kier alpha value is -4.12. The van der Waals surface area contributed by atoms with Gasteiger partial charge in [-0.05, 0) is 62.4 Å². The minimum absolute atomic E-state index is 0.0169. The molecule has 1 unspecified atom stereocenters. The topological polar surface area (TPSA) is 161 Å². The van der Waals surface area contributed by atoms with Gasteiger partial charge in [-0.2, -0.15) is 0 Å². The Labute approximate surface area is 235 Å². The molecule has 0 aromatic heterocycles. The molecule has 11 nitrogen and oxygen atoms in total. The number of ether oxygens (including phenoxy) is 1. The summed E-state index contributed by atoms with van der Waals surface area (Å²) in [6.45, 7) is 8.44. The van der Waals surface area contributed by atoms with Gasteiger partial charge in [0.05, 0.1) is 0 Å². The molecule has 216 valence electrons. The summed E-state index contributed by atoms with van der Waals surface area (Å²) in [6.07, 6.45) is 2.55. The van der Waals surface area contributed by atoms with Crippen LogP contribution in [0.4, 0.5) is 11.4 Å². The zero-order chi connectivity index (χ0) is 29.2. The molecule has 0 radical (unpaired) electrons. The van der Waals surface area contributed by atoms with Crippen molar-refractivity contribution in [2.45, 2.75) is 59.4 Å². The lowest BCUT2D eigenvalue weighted by Gasteiger charge is -2.29. The molecule has 2 aliphatic rings. The first-order valence-corrected chi connectivity index (χ1v) is 13.6. The lowest BCUT2D eigenvalue weighted by atomic mass is 10.1. The van der Waals surface area contributed by atoms with E-state index in [9.17, 15) is 9.59 Å². The number of carbonyl (C=O) groups is 3. The summed E-state index contributed by atoms with van der Waals surface area (Å²) in [6, 6.07) is 11.4. The molecule has 2 aliphatic heterocycles. The number of carbonyl (C=O) groups excluding carboxylic acids is 2. The van der Waals surface area contributed by atoms with Crippen LogP contribution in [0.2, 0.25) is 0 Å². The predicted octanol–water partition coefficient (Wildman–Crippen LogP) is 3.12. The zero-order valence-corrected chi connectivity index (χ0v) is 23.5. The van der Waals surface area contributed by atoms with E-state index in [4.69, 9.17) is 25.8 Å². The number of carboxylic acid groups (broad SMARTS) is 1. The SMILES string of the molecule is CC(=O)O.CCNc1cc(C(=N)N)ccc1CNC(=O)C(OCC)N1Cc2ccc(N3CCCCC3)cc2C1=O. The summed E-state index contributed by atoms with van der Waals surface area (Å²) < 4.78 is 5.77. The number of nitrogen functional groups attached to an aromatic ring is 1. The van der Waals surface area contributed by atoms with Crippen LogP contribution in [0.25, 0.3) is 0 Å². The van der Waals surface area contributed by atoms with E-state index in [1.807, 2.05) is 32.0 Å². The first-order valence-electron chi connectivity index (χ1n) is 13.6. The van der Waals surface area contributed by atoms with Crippen LogP contribution < -0.4 is 21.3 Å². The van der Waals surface area contributed by atoms with Gasteiger partial charge in [-0.25, -0.2) is 0 Å². The molecule has 2 aromatic carbocycles. The molecular weight excluding hydrogens is 512 g/mol. The van der Waals surface area contributed by atoms with Crippen LogP contribution in [0.3, 0.4) is 0 Å². The van der Waals surface area contributed by atoms with Gasteiger partial charge in [0.1, 0.15) is 5.84 Å². The highest BCUT2D eigenvalue weighted by Gasteiger charge is 2.37. The Morgan fingerprint density at radius 1 is 1.12 bits per heavy atom. The highest BCUT2D eigenvalue weighted by molar-refractivity contribution is 6.01. The maximum Gasteiger partial charge on any atom is 0.300 e. The fourth-order valence-electron chi connectivity index (χ4n) is 4.84. The van der Waals surface area contributed by atoms with Crippen molar-refractivity contribution < 1.29 is 24.2 Å². The van der Waals surface area contributed by atoms with Gasteiger partial charge in [0.25, 0.3) is 17.8 Å². The van der Waals surface area contributed by atoms with Crippen LogP contribution in [0.5, 0.6) is 0 Å². The third kappa shape index (κ3) is 7.72. The third-order valence-electron chi connectivity index (χ3n) is 6.72. The van der Waals surface area contributed by atoms with E-state index in [1.54, 1.807) is 12.1 Å². The third-order valence-corrected chi connectivity index (χ3v) is 6.72. The average molecular weight is 553 g/mol. The van der Waals surface area contributed by atoms with Crippen molar-refractivity contribution in [3.05, 3.63) is 58.7 Å².